The Balaban J connectivity index is 0.00000576. The van der Waals surface area contributed by atoms with Crippen LogP contribution in [0.5, 0.6) is 5.75 Å². The van der Waals surface area contributed by atoms with Crippen molar-refractivity contribution < 1.29 is 55.7 Å². The first kappa shape index (κ1) is 24.4. The Hall–Kier alpha value is -0.626. The van der Waals surface area contributed by atoms with Gasteiger partial charge in [0.2, 0.25) is 0 Å². The normalized spacial score (nSPS) is 12.0. The molecule has 0 fully saturated rings. The number of esters is 1. The van der Waals surface area contributed by atoms with Gasteiger partial charge in [0.05, 0.1) is 39.1 Å². The summed E-state index contributed by atoms with van der Waals surface area (Å²) in [6, 6.07) is 2.92. The van der Waals surface area contributed by atoms with Crippen molar-refractivity contribution >= 4 is 30.4 Å². The molecule has 1 aromatic carbocycles. The van der Waals surface area contributed by atoms with Crippen molar-refractivity contribution in [3.05, 3.63) is 23.3 Å². The summed E-state index contributed by atoms with van der Waals surface area (Å²) < 4.78 is 10.4. The fraction of sp³-hybridized carbons (Fsp3) is 0.529. The number of hydrogen-bond donors (Lipinski definition) is 1. The second-order valence-electron chi connectivity index (χ2n) is 5.93. The van der Waals surface area contributed by atoms with E-state index in [4.69, 9.17) is 22.3 Å². The smallest absolute Gasteiger partial charge is 0.340 e. The SMILES string of the molecule is CCOC(=O)c1cc(OC)cc(C)c1NC(=O)C(CC)[N+](C)(C)[S-].[Y]. The fourth-order valence-electron chi connectivity index (χ4n) is 2.52. The average molecular weight is 443 g/mol. The molecule has 0 spiro atoms. The van der Waals surface area contributed by atoms with E-state index in [1.807, 2.05) is 6.92 Å². The molecule has 137 valence electrons. The van der Waals surface area contributed by atoms with Crippen molar-refractivity contribution in [3.63, 3.8) is 0 Å². The van der Waals surface area contributed by atoms with Crippen molar-refractivity contribution in [1.82, 2.24) is 0 Å². The average Bonchev–Trinajstić information content (AvgIpc) is 2.48. The topological polar surface area (TPSA) is 64.6 Å². The van der Waals surface area contributed by atoms with Gasteiger partial charge in [-0.25, -0.2) is 4.79 Å². The van der Waals surface area contributed by atoms with Gasteiger partial charge in [0.25, 0.3) is 5.91 Å². The molecule has 1 rings (SSSR count). The van der Waals surface area contributed by atoms with Gasteiger partial charge >= 0.3 is 5.97 Å². The largest absolute Gasteiger partial charge is 0.497 e. The zero-order chi connectivity index (χ0) is 18.5. The molecule has 8 heteroatoms. The van der Waals surface area contributed by atoms with E-state index in [1.54, 1.807) is 40.1 Å². The second-order valence-corrected chi connectivity index (χ2v) is 6.88. The molecule has 1 aromatic rings. The molecule has 0 saturated carbocycles. The van der Waals surface area contributed by atoms with Crippen LogP contribution < -0.4 is 10.1 Å². The molecule has 0 saturated heterocycles. The molecular weight excluding hydrogens is 417 g/mol. The molecule has 1 unspecified atom stereocenters. The number of rotatable bonds is 7. The number of nitrogens with one attached hydrogen (secondary N) is 1. The first-order chi connectivity index (χ1) is 11.1. The van der Waals surface area contributed by atoms with E-state index in [0.29, 0.717) is 17.9 Å². The zero-order valence-corrected chi connectivity index (χ0v) is 19.4. The number of ether oxygens (including phenoxy) is 2. The van der Waals surface area contributed by atoms with Crippen LogP contribution in [0.25, 0.3) is 0 Å². The Morgan fingerprint density at radius 2 is 1.88 bits per heavy atom. The van der Waals surface area contributed by atoms with Gasteiger partial charge < -0.3 is 31.5 Å². The van der Waals surface area contributed by atoms with E-state index in [-0.39, 0.29) is 54.7 Å². The summed E-state index contributed by atoms with van der Waals surface area (Å²) >= 11 is 5.36. The molecule has 6 nitrogen and oxygen atoms in total. The molecule has 1 radical (unpaired) electrons. The van der Waals surface area contributed by atoms with Crippen LogP contribution >= 0.6 is 0 Å². The minimum Gasteiger partial charge on any atom is -0.497 e. The van der Waals surface area contributed by atoms with Gasteiger partial charge in [-0.05, 0) is 31.5 Å². The van der Waals surface area contributed by atoms with Crippen LogP contribution in [-0.2, 0) is 55.1 Å². The first-order valence-corrected chi connectivity index (χ1v) is 8.23. The van der Waals surface area contributed by atoms with Gasteiger partial charge in [-0.15, -0.1) is 0 Å². The number of amides is 1. The van der Waals surface area contributed by atoms with E-state index < -0.39 is 12.0 Å². The van der Waals surface area contributed by atoms with Crippen LogP contribution in [0, 0.1) is 6.92 Å². The number of quaternary nitrogens is 1. The summed E-state index contributed by atoms with van der Waals surface area (Å²) in [7, 11) is 5.10. The minimum atomic E-state index is -0.505. The molecule has 0 aromatic heterocycles. The molecule has 0 aliphatic heterocycles. The molecule has 0 aliphatic rings. The van der Waals surface area contributed by atoms with E-state index in [0.717, 1.165) is 5.56 Å². The van der Waals surface area contributed by atoms with E-state index in [2.05, 4.69) is 5.32 Å². The summed E-state index contributed by atoms with van der Waals surface area (Å²) in [4.78, 5) is 24.9. The van der Waals surface area contributed by atoms with Gasteiger partial charge in [-0.2, -0.15) is 0 Å². The monoisotopic (exact) mass is 443 g/mol. The van der Waals surface area contributed by atoms with Crippen LogP contribution in [-0.4, -0.2) is 49.6 Å². The second kappa shape index (κ2) is 10.5. The van der Waals surface area contributed by atoms with Gasteiger partial charge in [-0.3, -0.25) is 4.79 Å². The predicted octanol–water partition coefficient (Wildman–Crippen LogP) is 2.43. The number of aryl methyl sites for hydroxylation is 1. The number of benzene rings is 1. The summed E-state index contributed by atoms with van der Waals surface area (Å²) in [6.45, 7) is 5.68. The molecule has 1 amide bonds. The standard InChI is InChI=1S/C17H26N2O4S.Y/c1-7-14(19(4,5)24)16(20)18-15-11(3)9-12(22-6)10-13(15)17(21)23-8-2;/h9-10,14H,7-8H2,1-6H3,(H,18,20);. The van der Waals surface area contributed by atoms with Crippen molar-refractivity contribution in [2.24, 2.45) is 0 Å². The van der Waals surface area contributed by atoms with Crippen LogP contribution in [0.3, 0.4) is 0 Å². The van der Waals surface area contributed by atoms with E-state index in [1.165, 1.54) is 7.11 Å². The zero-order valence-electron chi connectivity index (χ0n) is 15.7. The maximum Gasteiger partial charge on any atom is 0.340 e. The maximum absolute atomic E-state index is 12.7. The van der Waals surface area contributed by atoms with E-state index >= 15 is 0 Å². The molecule has 0 heterocycles. The number of likely N-dealkylation sites (N-methyl/N-ethyl adjacent to an activating group) is 1. The summed E-state index contributed by atoms with van der Waals surface area (Å²) in [6.07, 6.45) is 0.590. The van der Waals surface area contributed by atoms with Crippen molar-refractivity contribution in [2.45, 2.75) is 33.2 Å². The Labute approximate surface area is 180 Å². The Morgan fingerprint density at radius 3 is 2.32 bits per heavy atom. The number of nitrogens with zero attached hydrogens (tertiary/aromatic N) is 1. The number of anilines is 1. The van der Waals surface area contributed by atoms with Gasteiger partial charge in [0.15, 0.2) is 6.04 Å². The molecule has 1 N–H and O–H groups in total. The van der Waals surface area contributed by atoms with E-state index in [9.17, 15) is 9.59 Å². The third-order valence-electron chi connectivity index (χ3n) is 3.73. The van der Waals surface area contributed by atoms with Crippen molar-refractivity contribution in [2.75, 3.05) is 33.1 Å². The third-order valence-corrected chi connectivity index (χ3v) is 3.98. The Bertz CT molecular complexity index is 617. The maximum atomic E-state index is 12.7. The third kappa shape index (κ3) is 6.55. The number of carbonyl (C=O) groups is 2. The minimum absolute atomic E-state index is 0. The molecule has 1 atom stereocenters. The number of carbonyl (C=O) groups excluding carboxylic acids is 2. The molecule has 0 bridgehead atoms. The molecule has 25 heavy (non-hydrogen) atoms. The van der Waals surface area contributed by atoms with Crippen LogP contribution in [0.15, 0.2) is 12.1 Å². The summed E-state index contributed by atoms with van der Waals surface area (Å²) in [5.41, 5.74) is 1.42. The quantitative estimate of drug-likeness (QED) is 0.399. The van der Waals surface area contributed by atoms with Crippen LogP contribution in [0.4, 0.5) is 5.69 Å². The van der Waals surface area contributed by atoms with Gasteiger partial charge in [0, 0.05) is 39.1 Å². The Kier molecular flexibility index (Phi) is 10.2. The molecular formula is C17H26N2O4SY. The summed E-state index contributed by atoms with van der Waals surface area (Å²) in [5.74, 6) is -0.203. The summed E-state index contributed by atoms with van der Waals surface area (Å²) in [5, 5.41) is 2.85. The number of methoxy groups -OCH3 is 1. The van der Waals surface area contributed by atoms with Crippen LogP contribution in [0.1, 0.15) is 36.2 Å². The van der Waals surface area contributed by atoms with Crippen molar-refractivity contribution in [3.8, 4) is 5.75 Å². The molecule has 0 aliphatic carbocycles. The fourth-order valence-corrected chi connectivity index (χ4v) is 2.77. The van der Waals surface area contributed by atoms with Crippen LogP contribution in [0.2, 0.25) is 0 Å². The van der Waals surface area contributed by atoms with Gasteiger partial charge in [0.1, 0.15) is 5.75 Å². The first-order valence-electron chi connectivity index (χ1n) is 7.86. The Morgan fingerprint density at radius 1 is 1.28 bits per heavy atom. The number of hydrogen-bond acceptors (Lipinski definition) is 5. The van der Waals surface area contributed by atoms with Gasteiger partial charge in [-0.1, -0.05) is 6.92 Å². The predicted molar refractivity (Wildman–Crippen MR) is 95.9 cm³/mol. The van der Waals surface area contributed by atoms with Crippen molar-refractivity contribution in [1.29, 1.82) is 0 Å².